The summed E-state index contributed by atoms with van der Waals surface area (Å²) in [4.78, 5) is 35.8. The number of hydrogen-bond acceptors (Lipinski definition) is 3. The first-order chi connectivity index (χ1) is 9.93. The first kappa shape index (κ1) is 14.9. The van der Waals surface area contributed by atoms with Gasteiger partial charge in [0, 0.05) is 30.6 Å². The van der Waals surface area contributed by atoms with Crippen LogP contribution in [0.15, 0.2) is 0 Å². The van der Waals surface area contributed by atoms with Crippen LogP contribution in [0.3, 0.4) is 0 Å². The summed E-state index contributed by atoms with van der Waals surface area (Å²) in [6.45, 7) is 3.77. The molecule has 5 atom stereocenters. The molecule has 3 fully saturated rings. The third-order valence-corrected chi connectivity index (χ3v) is 6.66. The van der Waals surface area contributed by atoms with Crippen LogP contribution >= 0.6 is 0 Å². The molecule has 0 spiro atoms. The monoisotopic (exact) mass is 290 g/mol. The van der Waals surface area contributed by atoms with Crippen molar-refractivity contribution in [1.82, 2.24) is 0 Å². The molecule has 0 aliphatic heterocycles. The zero-order chi connectivity index (χ0) is 15.2. The highest BCUT2D eigenvalue weighted by Crippen LogP contribution is 2.58. The van der Waals surface area contributed by atoms with Crippen molar-refractivity contribution in [2.75, 3.05) is 0 Å². The van der Waals surface area contributed by atoms with E-state index in [0.29, 0.717) is 42.2 Å². The van der Waals surface area contributed by atoms with E-state index in [0.717, 1.165) is 38.5 Å². The Hall–Kier alpha value is -0.990. The minimum atomic E-state index is -0.118. The van der Waals surface area contributed by atoms with E-state index in [1.54, 1.807) is 6.92 Å². The van der Waals surface area contributed by atoms with Gasteiger partial charge in [0.2, 0.25) is 0 Å². The van der Waals surface area contributed by atoms with Gasteiger partial charge in [-0.2, -0.15) is 0 Å². The fraction of sp³-hybridized carbons (Fsp3) is 0.833. The topological polar surface area (TPSA) is 51.2 Å². The maximum atomic E-state index is 12.3. The number of carbonyl (C=O) groups excluding carboxylic acids is 3. The van der Waals surface area contributed by atoms with Gasteiger partial charge >= 0.3 is 0 Å². The van der Waals surface area contributed by atoms with Crippen LogP contribution in [0.4, 0.5) is 0 Å². The molecule has 3 aliphatic carbocycles. The predicted octanol–water partition coefficient (Wildman–Crippen LogP) is 3.35. The number of rotatable bonds is 3. The predicted molar refractivity (Wildman–Crippen MR) is 79.7 cm³/mol. The van der Waals surface area contributed by atoms with Crippen LogP contribution in [-0.2, 0) is 14.4 Å². The number of ketones is 3. The zero-order valence-corrected chi connectivity index (χ0v) is 13.2. The Morgan fingerprint density at radius 3 is 2.62 bits per heavy atom. The Morgan fingerprint density at radius 1 is 1.14 bits per heavy atom. The summed E-state index contributed by atoms with van der Waals surface area (Å²) in [6.07, 6.45) is 6.57. The molecule has 0 aromatic rings. The molecule has 3 rings (SSSR count). The van der Waals surface area contributed by atoms with Gasteiger partial charge in [-0.25, -0.2) is 0 Å². The third-order valence-electron chi connectivity index (χ3n) is 6.66. The second-order valence-corrected chi connectivity index (χ2v) is 7.70. The van der Waals surface area contributed by atoms with Crippen LogP contribution in [0.2, 0.25) is 0 Å². The molecule has 3 nitrogen and oxygen atoms in total. The van der Waals surface area contributed by atoms with Gasteiger partial charge in [0.15, 0.2) is 0 Å². The lowest BCUT2D eigenvalue weighted by Gasteiger charge is -2.50. The molecule has 21 heavy (non-hydrogen) atoms. The molecule has 3 saturated carbocycles. The van der Waals surface area contributed by atoms with E-state index in [4.69, 9.17) is 0 Å². The van der Waals surface area contributed by atoms with Crippen molar-refractivity contribution < 1.29 is 14.4 Å². The van der Waals surface area contributed by atoms with E-state index in [-0.39, 0.29) is 17.1 Å². The summed E-state index contributed by atoms with van der Waals surface area (Å²) < 4.78 is 0. The van der Waals surface area contributed by atoms with Gasteiger partial charge in [-0.05, 0) is 56.8 Å². The highest BCUT2D eigenvalue weighted by molar-refractivity contribution is 5.88. The Morgan fingerprint density at radius 2 is 1.90 bits per heavy atom. The van der Waals surface area contributed by atoms with E-state index >= 15 is 0 Å². The summed E-state index contributed by atoms with van der Waals surface area (Å²) in [5.74, 6) is 2.51. The summed E-state index contributed by atoms with van der Waals surface area (Å²) in [5.41, 5.74) is -0.118. The first-order valence-corrected chi connectivity index (χ1v) is 8.49. The van der Waals surface area contributed by atoms with E-state index in [1.165, 1.54) is 0 Å². The molecule has 0 aromatic heterocycles. The summed E-state index contributed by atoms with van der Waals surface area (Å²) in [7, 11) is 0. The number of hydrogen-bond donors (Lipinski definition) is 0. The normalized spacial score (nSPS) is 42.6. The lowest BCUT2D eigenvalue weighted by molar-refractivity contribution is -0.138. The molecule has 0 amide bonds. The Balaban J connectivity index is 1.80. The van der Waals surface area contributed by atoms with Crippen molar-refractivity contribution >= 4 is 17.3 Å². The van der Waals surface area contributed by atoms with E-state index < -0.39 is 0 Å². The Bertz CT molecular complexity index is 481. The van der Waals surface area contributed by atoms with Crippen molar-refractivity contribution in [1.29, 1.82) is 0 Å². The fourth-order valence-electron chi connectivity index (χ4n) is 5.47. The molecule has 0 saturated heterocycles. The molecule has 3 heteroatoms. The van der Waals surface area contributed by atoms with Gasteiger partial charge in [-0.3, -0.25) is 9.59 Å². The Kier molecular flexibility index (Phi) is 3.79. The van der Waals surface area contributed by atoms with Gasteiger partial charge in [0.1, 0.15) is 17.3 Å². The van der Waals surface area contributed by atoms with Gasteiger partial charge in [0.25, 0.3) is 0 Å². The number of fused-ring (bicyclic) bond motifs is 3. The fourth-order valence-corrected chi connectivity index (χ4v) is 5.47. The molecule has 0 heterocycles. The summed E-state index contributed by atoms with van der Waals surface area (Å²) >= 11 is 0. The van der Waals surface area contributed by atoms with Crippen LogP contribution in [0.25, 0.3) is 0 Å². The molecule has 0 aromatic carbocycles. The number of Topliss-reactive ketones (excluding diaryl/α,β-unsaturated/α-hetero) is 3. The summed E-state index contributed by atoms with van der Waals surface area (Å²) in [6, 6.07) is 0. The maximum absolute atomic E-state index is 12.3. The van der Waals surface area contributed by atoms with Crippen LogP contribution < -0.4 is 0 Å². The Labute approximate surface area is 126 Å². The molecule has 3 aliphatic rings. The SMILES string of the molecule is CC(=O)CC[C@@H]1C(=O)CC[C@H]2[C@H]1CC[C@@]1(C)C(=O)CC[C@@H]21. The minimum Gasteiger partial charge on any atom is -0.300 e. The van der Waals surface area contributed by atoms with Gasteiger partial charge in [0.05, 0.1) is 0 Å². The lowest BCUT2D eigenvalue weighted by atomic mass is 9.53. The van der Waals surface area contributed by atoms with Crippen molar-refractivity contribution in [3.05, 3.63) is 0 Å². The molecular weight excluding hydrogens is 264 g/mol. The molecule has 0 unspecified atom stereocenters. The highest BCUT2D eigenvalue weighted by Gasteiger charge is 2.56. The van der Waals surface area contributed by atoms with Gasteiger partial charge in [-0.15, -0.1) is 0 Å². The largest absolute Gasteiger partial charge is 0.300 e. The smallest absolute Gasteiger partial charge is 0.139 e. The molecule has 0 bridgehead atoms. The molecular formula is C18H26O3. The molecule has 116 valence electrons. The van der Waals surface area contributed by atoms with E-state index in [2.05, 4.69) is 6.92 Å². The second kappa shape index (κ2) is 5.33. The zero-order valence-electron chi connectivity index (χ0n) is 13.2. The van der Waals surface area contributed by atoms with Crippen molar-refractivity contribution in [3.8, 4) is 0 Å². The van der Waals surface area contributed by atoms with Crippen LogP contribution in [0.5, 0.6) is 0 Å². The average molecular weight is 290 g/mol. The number of carbonyl (C=O) groups is 3. The van der Waals surface area contributed by atoms with Crippen LogP contribution in [-0.4, -0.2) is 17.3 Å². The van der Waals surface area contributed by atoms with E-state index in [1.807, 2.05) is 0 Å². The second-order valence-electron chi connectivity index (χ2n) is 7.70. The third kappa shape index (κ3) is 2.39. The van der Waals surface area contributed by atoms with Crippen molar-refractivity contribution in [2.45, 2.75) is 65.2 Å². The lowest BCUT2D eigenvalue weighted by Crippen LogP contribution is -2.47. The van der Waals surface area contributed by atoms with Crippen molar-refractivity contribution in [3.63, 3.8) is 0 Å². The first-order valence-electron chi connectivity index (χ1n) is 8.49. The van der Waals surface area contributed by atoms with Crippen LogP contribution in [0, 0.1) is 29.1 Å². The van der Waals surface area contributed by atoms with Crippen molar-refractivity contribution in [2.24, 2.45) is 29.1 Å². The maximum Gasteiger partial charge on any atom is 0.139 e. The van der Waals surface area contributed by atoms with E-state index in [9.17, 15) is 14.4 Å². The van der Waals surface area contributed by atoms with Crippen LogP contribution in [0.1, 0.15) is 65.2 Å². The summed E-state index contributed by atoms with van der Waals surface area (Å²) in [5, 5.41) is 0. The molecule has 0 radical (unpaired) electrons. The average Bonchev–Trinajstić information content (AvgIpc) is 2.74. The molecule has 0 N–H and O–H groups in total. The highest BCUT2D eigenvalue weighted by atomic mass is 16.1. The van der Waals surface area contributed by atoms with Gasteiger partial charge < -0.3 is 4.79 Å². The standard InChI is InChI=1S/C18H26O3/c1-11(19)3-4-14-12-9-10-18(2)15(6-8-17(18)21)13(12)5-7-16(14)20/h12-15H,3-10H2,1-2H3/t12-,13+,14+,15+,18-/m1/s1. The minimum absolute atomic E-state index is 0.0768. The quantitative estimate of drug-likeness (QED) is 0.801. The van der Waals surface area contributed by atoms with Gasteiger partial charge in [-0.1, -0.05) is 6.92 Å².